The number of para-hydroxylation sites is 1. The third kappa shape index (κ3) is 3.27. The maximum atomic E-state index is 12.7. The molecule has 0 spiro atoms. The Balaban J connectivity index is 1.79. The lowest BCUT2D eigenvalue weighted by molar-refractivity contribution is 0.473. The Morgan fingerprint density at radius 2 is 1.96 bits per heavy atom. The van der Waals surface area contributed by atoms with E-state index in [0.717, 1.165) is 0 Å². The zero-order chi connectivity index (χ0) is 19.8. The van der Waals surface area contributed by atoms with E-state index in [-0.39, 0.29) is 21.9 Å². The molecule has 6 nitrogen and oxygen atoms in total. The molecular formula is C20H15ClN2O4S. The lowest BCUT2D eigenvalue weighted by atomic mass is 10.1. The second kappa shape index (κ2) is 7.33. The standard InChI is InChI=1S/C20H15ClN2O4S/c1-2-23-19(26)12-5-3-4-6-15(12)22-20(23)28-10-11-7-18(25)27-17-9-16(24)14(21)8-13(11)17/h3-9,24H,2,10H2,1H3. The number of aromatic hydroxyl groups is 1. The van der Waals surface area contributed by atoms with E-state index in [1.165, 1.54) is 23.9 Å². The van der Waals surface area contributed by atoms with Gasteiger partial charge in [0, 0.05) is 29.8 Å². The fraction of sp³-hybridized carbons (Fsp3) is 0.150. The zero-order valence-electron chi connectivity index (χ0n) is 14.8. The van der Waals surface area contributed by atoms with Crippen LogP contribution in [-0.2, 0) is 12.3 Å². The number of thioether (sulfide) groups is 1. The zero-order valence-corrected chi connectivity index (χ0v) is 16.4. The minimum absolute atomic E-state index is 0.0963. The van der Waals surface area contributed by atoms with Gasteiger partial charge in [0.25, 0.3) is 5.56 Å². The molecular weight excluding hydrogens is 400 g/mol. The molecule has 0 aliphatic carbocycles. The summed E-state index contributed by atoms with van der Waals surface area (Å²) in [7, 11) is 0. The van der Waals surface area contributed by atoms with Gasteiger partial charge in [0.05, 0.1) is 15.9 Å². The van der Waals surface area contributed by atoms with Gasteiger partial charge in [0.1, 0.15) is 11.3 Å². The van der Waals surface area contributed by atoms with Gasteiger partial charge in [-0.1, -0.05) is 35.5 Å². The van der Waals surface area contributed by atoms with Gasteiger partial charge in [-0.25, -0.2) is 9.78 Å². The fourth-order valence-electron chi connectivity index (χ4n) is 3.03. The summed E-state index contributed by atoms with van der Waals surface area (Å²) in [6, 6.07) is 11.5. The average molecular weight is 415 g/mol. The van der Waals surface area contributed by atoms with Crippen LogP contribution in [0.5, 0.6) is 5.75 Å². The van der Waals surface area contributed by atoms with Gasteiger partial charge in [-0.15, -0.1) is 0 Å². The Morgan fingerprint density at radius 1 is 1.18 bits per heavy atom. The highest BCUT2D eigenvalue weighted by Gasteiger charge is 2.13. The number of phenolic OH excluding ortho intramolecular Hbond substituents is 1. The molecule has 2 heterocycles. The molecule has 0 aliphatic heterocycles. The summed E-state index contributed by atoms with van der Waals surface area (Å²) in [4.78, 5) is 29.3. The average Bonchev–Trinajstić information content (AvgIpc) is 2.67. The number of benzene rings is 2. The number of hydrogen-bond acceptors (Lipinski definition) is 6. The smallest absolute Gasteiger partial charge is 0.336 e. The van der Waals surface area contributed by atoms with Gasteiger partial charge < -0.3 is 9.52 Å². The molecule has 4 rings (SSSR count). The number of phenols is 1. The highest BCUT2D eigenvalue weighted by atomic mass is 35.5. The first-order valence-corrected chi connectivity index (χ1v) is 9.92. The van der Waals surface area contributed by atoms with E-state index in [1.54, 1.807) is 22.8 Å². The highest BCUT2D eigenvalue weighted by Crippen LogP contribution is 2.32. The molecule has 0 saturated heterocycles. The minimum Gasteiger partial charge on any atom is -0.506 e. The van der Waals surface area contributed by atoms with Crippen LogP contribution in [0.4, 0.5) is 0 Å². The SMILES string of the molecule is CCn1c(SCc2cc(=O)oc3cc(O)c(Cl)cc23)nc2ccccc2c1=O. The summed E-state index contributed by atoms with van der Waals surface area (Å²) in [6.07, 6.45) is 0. The van der Waals surface area contributed by atoms with Gasteiger partial charge in [0.15, 0.2) is 5.16 Å². The van der Waals surface area contributed by atoms with E-state index in [9.17, 15) is 14.7 Å². The van der Waals surface area contributed by atoms with Crippen molar-refractivity contribution >= 4 is 45.2 Å². The second-order valence-electron chi connectivity index (χ2n) is 6.14. The Hall–Kier alpha value is -2.77. The first kappa shape index (κ1) is 18.6. The summed E-state index contributed by atoms with van der Waals surface area (Å²) >= 11 is 7.37. The quantitative estimate of drug-likeness (QED) is 0.306. The molecule has 142 valence electrons. The number of aromatic nitrogens is 2. The third-order valence-electron chi connectivity index (χ3n) is 4.40. The minimum atomic E-state index is -0.524. The predicted octanol–water partition coefficient (Wildman–Crippen LogP) is 4.17. The number of hydrogen-bond donors (Lipinski definition) is 1. The van der Waals surface area contributed by atoms with E-state index < -0.39 is 5.63 Å². The fourth-order valence-corrected chi connectivity index (χ4v) is 4.25. The monoisotopic (exact) mass is 414 g/mol. The van der Waals surface area contributed by atoms with Crippen LogP contribution in [0.2, 0.25) is 5.02 Å². The van der Waals surface area contributed by atoms with Crippen molar-refractivity contribution in [1.82, 2.24) is 9.55 Å². The van der Waals surface area contributed by atoms with Crippen LogP contribution in [-0.4, -0.2) is 14.7 Å². The lowest BCUT2D eigenvalue weighted by Crippen LogP contribution is -2.22. The Morgan fingerprint density at radius 3 is 2.75 bits per heavy atom. The van der Waals surface area contributed by atoms with E-state index in [4.69, 9.17) is 16.0 Å². The highest BCUT2D eigenvalue weighted by molar-refractivity contribution is 7.98. The lowest BCUT2D eigenvalue weighted by Gasteiger charge is -2.12. The van der Waals surface area contributed by atoms with Gasteiger partial charge in [-0.05, 0) is 30.7 Å². The molecule has 2 aromatic carbocycles. The van der Waals surface area contributed by atoms with E-state index >= 15 is 0 Å². The van der Waals surface area contributed by atoms with Crippen LogP contribution >= 0.6 is 23.4 Å². The summed E-state index contributed by atoms with van der Waals surface area (Å²) in [5, 5.41) is 11.7. The summed E-state index contributed by atoms with van der Waals surface area (Å²) in [5.41, 5.74) is 0.947. The topological polar surface area (TPSA) is 85.3 Å². The van der Waals surface area contributed by atoms with Crippen LogP contribution in [0, 0.1) is 0 Å². The van der Waals surface area contributed by atoms with E-state index in [0.29, 0.717) is 39.3 Å². The molecule has 28 heavy (non-hydrogen) atoms. The summed E-state index contributed by atoms with van der Waals surface area (Å²) < 4.78 is 6.77. The largest absolute Gasteiger partial charge is 0.506 e. The summed E-state index contributed by atoms with van der Waals surface area (Å²) in [5.74, 6) is 0.228. The Bertz CT molecular complexity index is 1330. The third-order valence-corrected chi connectivity index (χ3v) is 5.73. The van der Waals surface area contributed by atoms with Crippen molar-refractivity contribution in [2.45, 2.75) is 24.4 Å². The van der Waals surface area contributed by atoms with Crippen molar-refractivity contribution in [2.24, 2.45) is 0 Å². The molecule has 1 N–H and O–H groups in total. The van der Waals surface area contributed by atoms with Crippen molar-refractivity contribution < 1.29 is 9.52 Å². The molecule has 0 bridgehead atoms. The molecule has 8 heteroatoms. The molecule has 0 amide bonds. The maximum absolute atomic E-state index is 12.7. The van der Waals surface area contributed by atoms with Crippen molar-refractivity contribution in [3.05, 3.63) is 73.8 Å². The van der Waals surface area contributed by atoms with Crippen LogP contribution in [0.3, 0.4) is 0 Å². The molecule has 0 unspecified atom stereocenters. The van der Waals surface area contributed by atoms with Gasteiger partial charge in [-0.3, -0.25) is 9.36 Å². The molecule has 0 atom stereocenters. The first-order chi connectivity index (χ1) is 13.5. The van der Waals surface area contributed by atoms with Crippen LogP contribution in [0.1, 0.15) is 12.5 Å². The van der Waals surface area contributed by atoms with Crippen LogP contribution in [0.15, 0.2) is 61.6 Å². The van der Waals surface area contributed by atoms with E-state index in [1.807, 2.05) is 19.1 Å². The van der Waals surface area contributed by atoms with Gasteiger partial charge >= 0.3 is 5.63 Å². The molecule has 0 fully saturated rings. The van der Waals surface area contributed by atoms with Crippen molar-refractivity contribution in [2.75, 3.05) is 0 Å². The predicted molar refractivity (Wildman–Crippen MR) is 110 cm³/mol. The first-order valence-electron chi connectivity index (χ1n) is 8.55. The van der Waals surface area contributed by atoms with E-state index in [2.05, 4.69) is 4.98 Å². The van der Waals surface area contributed by atoms with Crippen molar-refractivity contribution in [3.63, 3.8) is 0 Å². The van der Waals surface area contributed by atoms with Crippen LogP contribution < -0.4 is 11.2 Å². The number of fused-ring (bicyclic) bond motifs is 2. The number of rotatable bonds is 4. The molecule has 0 saturated carbocycles. The molecule has 4 aromatic rings. The normalized spacial score (nSPS) is 11.4. The van der Waals surface area contributed by atoms with Crippen molar-refractivity contribution in [3.8, 4) is 5.75 Å². The molecule has 0 aliphatic rings. The number of nitrogens with zero attached hydrogens (tertiary/aromatic N) is 2. The van der Waals surface area contributed by atoms with Gasteiger partial charge in [0.2, 0.25) is 0 Å². The maximum Gasteiger partial charge on any atom is 0.336 e. The van der Waals surface area contributed by atoms with Crippen molar-refractivity contribution in [1.29, 1.82) is 0 Å². The Labute approximate surface area is 168 Å². The van der Waals surface area contributed by atoms with Crippen LogP contribution in [0.25, 0.3) is 21.9 Å². The second-order valence-corrected chi connectivity index (χ2v) is 7.49. The summed E-state index contributed by atoms with van der Waals surface area (Å²) in [6.45, 7) is 2.37. The number of halogens is 1. The van der Waals surface area contributed by atoms with Gasteiger partial charge in [-0.2, -0.15) is 0 Å². The molecule has 2 aromatic heterocycles. The molecule has 0 radical (unpaired) electrons. The Kier molecular flexibility index (Phi) is 4.87.